The Labute approximate surface area is 299 Å². The molecular weight excluding hydrogens is 669 g/mol. The lowest BCUT2D eigenvalue weighted by atomic mass is 9.99. The molecule has 52 heavy (non-hydrogen) atoms. The normalized spacial score (nSPS) is 13.7. The van der Waals surface area contributed by atoms with Crippen molar-refractivity contribution in [2.45, 2.75) is 26.2 Å². The Hall–Kier alpha value is -5.68. The summed E-state index contributed by atoms with van der Waals surface area (Å²) in [4.78, 5) is 25.0. The van der Waals surface area contributed by atoms with Crippen molar-refractivity contribution in [3.63, 3.8) is 0 Å². The van der Waals surface area contributed by atoms with Crippen LogP contribution in [0, 0.1) is 23.4 Å². The number of halogens is 3. The van der Waals surface area contributed by atoms with Gasteiger partial charge < -0.3 is 24.4 Å². The Bertz CT molecular complexity index is 2260. The SMILES string of the molecule is COc1cc2c(Oc3ccc(NC(=O)c4cc(-c5ccc(F)cc5F)nc5ccccc45)cc3F)ccnc2cc1OCCCN1CCC(C)CC1. The lowest BCUT2D eigenvalue weighted by Gasteiger charge is -2.30. The maximum atomic E-state index is 15.5. The zero-order valence-corrected chi connectivity index (χ0v) is 28.8. The van der Waals surface area contributed by atoms with Gasteiger partial charge in [-0.2, -0.15) is 0 Å². The molecule has 0 atom stereocenters. The summed E-state index contributed by atoms with van der Waals surface area (Å²) >= 11 is 0. The number of amides is 1. The van der Waals surface area contributed by atoms with Crippen LogP contribution in [0.5, 0.6) is 23.0 Å². The van der Waals surface area contributed by atoms with E-state index in [4.69, 9.17) is 14.2 Å². The van der Waals surface area contributed by atoms with Gasteiger partial charge in [0.1, 0.15) is 17.4 Å². The van der Waals surface area contributed by atoms with E-state index >= 15 is 4.39 Å². The number of fused-ring (bicyclic) bond motifs is 2. The molecule has 7 rings (SSSR count). The fourth-order valence-corrected chi connectivity index (χ4v) is 6.42. The molecule has 8 nitrogen and oxygen atoms in total. The molecule has 1 N–H and O–H groups in total. The van der Waals surface area contributed by atoms with Gasteiger partial charge in [0, 0.05) is 53.0 Å². The van der Waals surface area contributed by atoms with Crippen molar-refractivity contribution in [1.82, 2.24) is 14.9 Å². The number of ether oxygens (including phenoxy) is 3. The third-order valence-corrected chi connectivity index (χ3v) is 9.32. The Balaban J connectivity index is 1.07. The molecule has 11 heteroatoms. The highest BCUT2D eigenvalue weighted by Gasteiger charge is 2.19. The van der Waals surface area contributed by atoms with E-state index in [9.17, 15) is 13.6 Å². The van der Waals surface area contributed by atoms with Crippen LogP contribution in [0.4, 0.5) is 18.9 Å². The first-order chi connectivity index (χ1) is 25.2. The summed E-state index contributed by atoms with van der Waals surface area (Å²) in [5.74, 6) is -0.676. The zero-order valence-electron chi connectivity index (χ0n) is 28.8. The van der Waals surface area contributed by atoms with E-state index in [1.165, 1.54) is 37.1 Å². The molecule has 6 aromatic rings. The molecule has 0 saturated carbocycles. The third kappa shape index (κ3) is 7.64. The van der Waals surface area contributed by atoms with Gasteiger partial charge in [0.05, 0.1) is 36.0 Å². The average molecular weight is 707 g/mol. The number of nitrogens with one attached hydrogen (secondary N) is 1. The number of likely N-dealkylation sites (tertiary alicyclic amines) is 1. The summed E-state index contributed by atoms with van der Waals surface area (Å²) in [7, 11) is 1.56. The largest absolute Gasteiger partial charge is 0.493 e. The molecule has 0 aliphatic carbocycles. The van der Waals surface area contributed by atoms with Crippen molar-refractivity contribution < 1.29 is 32.2 Å². The average Bonchev–Trinajstić information content (AvgIpc) is 3.14. The number of benzene rings is 4. The first-order valence-corrected chi connectivity index (χ1v) is 17.2. The van der Waals surface area contributed by atoms with E-state index < -0.39 is 23.4 Å². The molecule has 2 aromatic heterocycles. The number of pyridine rings is 2. The maximum absolute atomic E-state index is 15.5. The van der Waals surface area contributed by atoms with Crippen molar-refractivity contribution in [3.05, 3.63) is 114 Å². The van der Waals surface area contributed by atoms with Crippen LogP contribution in [0.3, 0.4) is 0 Å². The Morgan fingerprint density at radius 3 is 2.46 bits per heavy atom. The van der Waals surface area contributed by atoms with E-state index in [-0.39, 0.29) is 28.3 Å². The summed E-state index contributed by atoms with van der Waals surface area (Å²) in [6.07, 6.45) is 4.92. The number of methoxy groups -OCH3 is 1. The first-order valence-electron chi connectivity index (χ1n) is 17.2. The molecule has 1 aliphatic heterocycles. The minimum atomic E-state index is -0.811. The van der Waals surface area contributed by atoms with Crippen LogP contribution in [0.15, 0.2) is 91.1 Å². The van der Waals surface area contributed by atoms with Crippen molar-refractivity contribution in [3.8, 4) is 34.3 Å². The topological polar surface area (TPSA) is 85.8 Å². The van der Waals surface area contributed by atoms with Crippen LogP contribution in [-0.4, -0.2) is 54.1 Å². The van der Waals surface area contributed by atoms with E-state index in [2.05, 4.69) is 27.1 Å². The number of hydrogen-bond donors (Lipinski definition) is 1. The fraction of sp³-hybridized carbons (Fsp3) is 0.244. The van der Waals surface area contributed by atoms with Gasteiger partial charge in [-0.3, -0.25) is 9.78 Å². The molecule has 4 aromatic carbocycles. The van der Waals surface area contributed by atoms with Crippen LogP contribution in [0.1, 0.15) is 36.5 Å². The molecule has 0 radical (unpaired) electrons. The minimum Gasteiger partial charge on any atom is -0.493 e. The molecule has 0 bridgehead atoms. The van der Waals surface area contributed by atoms with Crippen LogP contribution >= 0.6 is 0 Å². The summed E-state index contributed by atoms with van der Waals surface area (Å²) in [5.41, 5.74) is 1.57. The predicted octanol–water partition coefficient (Wildman–Crippen LogP) is 9.42. The first kappa shape index (κ1) is 34.8. The van der Waals surface area contributed by atoms with Crippen molar-refractivity contribution in [1.29, 1.82) is 0 Å². The highest BCUT2D eigenvalue weighted by molar-refractivity contribution is 6.13. The van der Waals surface area contributed by atoms with Crippen molar-refractivity contribution in [2.24, 2.45) is 5.92 Å². The molecule has 1 fully saturated rings. The second-order valence-electron chi connectivity index (χ2n) is 13.0. The summed E-state index contributed by atoms with van der Waals surface area (Å²) in [6.45, 7) is 6.06. The van der Waals surface area contributed by atoms with E-state index in [1.54, 1.807) is 55.8 Å². The molecule has 1 saturated heterocycles. The number of hydrogen-bond acceptors (Lipinski definition) is 7. The molecule has 1 aliphatic rings. The third-order valence-electron chi connectivity index (χ3n) is 9.32. The standard InChI is InChI=1S/C41H37F3N4O4/c1-25-13-17-48(18-14-25)16-5-19-51-40-24-35-31(23-39(40)50-2)37(12-15-45-35)52-38-11-9-27(21-33(38)44)46-41(49)30-22-36(29-10-8-26(42)20-32(29)43)47-34-7-4-3-6-28(30)34/h3-4,6-12,15,20-25H,5,13-14,16-19H2,1-2H3,(H,46,49). The Morgan fingerprint density at radius 2 is 1.67 bits per heavy atom. The number of nitrogens with zero attached hydrogens (tertiary/aromatic N) is 3. The number of piperidine rings is 1. The van der Waals surface area contributed by atoms with Crippen LogP contribution in [0.25, 0.3) is 33.1 Å². The smallest absolute Gasteiger partial charge is 0.256 e. The summed E-state index contributed by atoms with van der Waals surface area (Å²) in [6, 6.07) is 20.7. The number of para-hydroxylation sites is 1. The van der Waals surface area contributed by atoms with E-state index in [1.807, 2.05) is 0 Å². The molecule has 266 valence electrons. The molecular formula is C41H37F3N4O4. The lowest BCUT2D eigenvalue weighted by Crippen LogP contribution is -2.34. The van der Waals surface area contributed by atoms with Gasteiger partial charge in [0.25, 0.3) is 5.91 Å². The molecule has 1 amide bonds. The fourth-order valence-electron chi connectivity index (χ4n) is 6.42. The monoisotopic (exact) mass is 706 g/mol. The zero-order chi connectivity index (χ0) is 36.2. The maximum Gasteiger partial charge on any atom is 0.256 e. The van der Waals surface area contributed by atoms with Gasteiger partial charge in [-0.05, 0) is 86.8 Å². The summed E-state index contributed by atoms with van der Waals surface area (Å²) in [5, 5.41) is 3.83. The van der Waals surface area contributed by atoms with Crippen LogP contribution in [0.2, 0.25) is 0 Å². The van der Waals surface area contributed by atoms with Crippen molar-refractivity contribution in [2.75, 3.05) is 38.7 Å². The Morgan fingerprint density at radius 1 is 0.846 bits per heavy atom. The number of rotatable bonds is 11. The molecule has 3 heterocycles. The highest BCUT2D eigenvalue weighted by Crippen LogP contribution is 2.38. The number of anilines is 1. The molecule has 0 unspecified atom stereocenters. The quantitative estimate of drug-likeness (QED) is 0.134. The van der Waals surface area contributed by atoms with Gasteiger partial charge in [0.2, 0.25) is 0 Å². The highest BCUT2D eigenvalue weighted by atomic mass is 19.1. The van der Waals surface area contributed by atoms with Crippen LogP contribution < -0.4 is 19.5 Å². The van der Waals surface area contributed by atoms with E-state index in [0.717, 1.165) is 50.2 Å². The lowest BCUT2D eigenvalue weighted by molar-refractivity contribution is 0.102. The van der Waals surface area contributed by atoms with Crippen LogP contribution in [-0.2, 0) is 0 Å². The number of carbonyl (C=O) groups is 1. The van der Waals surface area contributed by atoms with Gasteiger partial charge in [0.15, 0.2) is 23.1 Å². The van der Waals surface area contributed by atoms with Gasteiger partial charge in [-0.25, -0.2) is 18.2 Å². The van der Waals surface area contributed by atoms with E-state index in [0.29, 0.717) is 45.7 Å². The second-order valence-corrected chi connectivity index (χ2v) is 13.0. The summed E-state index contributed by atoms with van der Waals surface area (Å²) < 4.78 is 61.5. The predicted molar refractivity (Wildman–Crippen MR) is 195 cm³/mol. The Kier molecular flexibility index (Phi) is 10.2. The second kappa shape index (κ2) is 15.3. The minimum absolute atomic E-state index is 0.0386. The number of carbonyl (C=O) groups excluding carboxylic acids is 1. The van der Waals surface area contributed by atoms with Crippen molar-refractivity contribution >= 4 is 33.4 Å². The van der Waals surface area contributed by atoms with Gasteiger partial charge in [-0.1, -0.05) is 25.1 Å². The van der Waals surface area contributed by atoms with Gasteiger partial charge in [-0.15, -0.1) is 0 Å². The molecule has 0 spiro atoms. The number of aromatic nitrogens is 2. The van der Waals surface area contributed by atoms with Gasteiger partial charge >= 0.3 is 0 Å².